The summed E-state index contributed by atoms with van der Waals surface area (Å²) in [6, 6.07) is 12.0. The summed E-state index contributed by atoms with van der Waals surface area (Å²) in [7, 11) is 1.38. The molecule has 1 atom stereocenters. The zero-order valence-corrected chi connectivity index (χ0v) is 17.7. The van der Waals surface area contributed by atoms with Gasteiger partial charge in [0, 0.05) is 5.69 Å². The lowest BCUT2D eigenvalue weighted by molar-refractivity contribution is 0.0600. The van der Waals surface area contributed by atoms with Crippen molar-refractivity contribution in [3.05, 3.63) is 64.2 Å². The molecule has 0 radical (unpaired) electrons. The Morgan fingerprint density at radius 1 is 1.11 bits per heavy atom. The zero-order chi connectivity index (χ0) is 20.1. The lowest BCUT2D eigenvalue weighted by atomic mass is 9.92. The summed E-state index contributed by atoms with van der Waals surface area (Å²) in [5.41, 5.74) is 5.85. The van der Waals surface area contributed by atoms with E-state index in [2.05, 4.69) is 56.5 Å². The normalized spacial score (nSPS) is 11.8. The van der Waals surface area contributed by atoms with E-state index in [1.807, 2.05) is 19.1 Å². The number of rotatable bonds is 5. The van der Waals surface area contributed by atoms with Crippen molar-refractivity contribution in [1.29, 1.82) is 0 Å². The molecule has 0 unspecified atom stereocenters. The minimum absolute atomic E-state index is 0.0923. The third kappa shape index (κ3) is 5.07. The van der Waals surface area contributed by atoms with Gasteiger partial charge in [-0.15, -0.1) is 0 Å². The van der Waals surface area contributed by atoms with E-state index in [0.717, 1.165) is 11.3 Å². The molecule has 0 aromatic heterocycles. The standard InChI is InChI=1S/C22H28N2O2S/c1-13(2)20(17-11-10-14(3)12-15(17)4)24-22(27)23-19-9-7-8-18(16(19)5)21(25)26-6/h7-13,20H,1-6H3,(H2,23,24,27)/t20-/m1/s1. The molecule has 0 fully saturated rings. The fraction of sp³-hybridized carbons (Fsp3) is 0.364. The fourth-order valence-corrected chi connectivity index (χ4v) is 3.42. The quantitative estimate of drug-likeness (QED) is 0.556. The van der Waals surface area contributed by atoms with Gasteiger partial charge in [0.15, 0.2) is 5.11 Å². The highest BCUT2D eigenvalue weighted by Crippen LogP contribution is 2.26. The van der Waals surface area contributed by atoms with Crippen molar-refractivity contribution in [2.24, 2.45) is 5.92 Å². The Hall–Kier alpha value is -2.40. The van der Waals surface area contributed by atoms with Crippen molar-refractivity contribution in [1.82, 2.24) is 5.32 Å². The highest BCUT2D eigenvalue weighted by atomic mass is 32.1. The summed E-state index contributed by atoms with van der Waals surface area (Å²) in [6.45, 7) is 10.4. The van der Waals surface area contributed by atoms with Gasteiger partial charge in [-0.05, 0) is 67.7 Å². The van der Waals surface area contributed by atoms with Crippen LogP contribution in [0, 0.1) is 26.7 Å². The molecule has 2 rings (SSSR count). The Morgan fingerprint density at radius 3 is 2.41 bits per heavy atom. The van der Waals surface area contributed by atoms with Gasteiger partial charge in [0.2, 0.25) is 0 Å². The molecule has 0 heterocycles. The van der Waals surface area contributed by atoms with Gasteiger partial charge in [-0.2, -0.15) is 0 Å². The number of anilines is 1. The van der Waals surface area contributed by atoms with E-state index >= 15 is 0 Å². The molecule has 0 spiro atoms. The minimum Gasteiger partial charge on any atom is -0.465 e. The highest BCUT2D eigenvalue weighted by molar-refractivity contribution is 7.80. The molecule has 2 aromatic rings. The molecule has 0 aliphatic heterocycles. The summed E-state index contributed by atoms with van der Waals surface area (Å²) in [5, 5.41) is 7.19. The van der Waals surface area contributed by atoms with Crippen LogP contribution < -0.4 is 10.6 Å². The fourth-order valence-electron chi connectivity index (χ4n) is 3.18. The maximum atomic E-state index is 11.9. The van der Waals surface area contributed by atoms with Crippen LogP contribution in [0.5, 0.6) is 0 Å². The summed E-state index contributed by atoms with van der Waals surface area (Å²) in [4.78, 5) is 11.9. The third-order valence-corrected chi connectivity index (χ3v) is 4.92. The van der Waals surface area contributed by atoms with Crippen molar-refractivity contribution in [2.45, 2.75) is 40.7 Å². The number of nitrogens with one attached hydrogen (secondary N) is 2. The summed E-state index contributed by atoms with van der Waals surface area (Å²) < 4.78 is 4.84. The number of carbonyl (C=O) groups excluding carboxylic acids is 1. The second-order valence-electron chi connectivity index (χ2n) is 7.15. The first-order valence-corrected chi connectivity index (χ1v) is 9.48. The van der Waals surface area contributed by atoms with Gasteiger partial charge in [0.1, 0.15) is 0 Å². The Labute approximate surface area is 167 Å². The molecule has 2 aromatic carbocycles. The molecule has 0 aliphatic rings. The molecule has 4 nitrogen and oxygen atoms in total. The second-order valence-corrected chi connectivity index (χ2v) is 7.56. The van der Waals surface area contributed by atoms with Crippen LogP contribution in [0.1, 0.15) is 52.5 Å². The zero-order valence-electron chi connectivity index (χ0n) is 16.8. The average molecular weight is 385 g/mol. The van der Waals surface area contributed by atoms with Crippen molar-refractivity contribution in [3.8, 4) is 0 Å². The molecule has 2 N–H and O–H groups in total. The topological polar surface area (TPSA) is 50.4 Å². The Morgan fingerprint density at radius 2 is 1.81 bits per heavy atom. The van der Waals surface area contributed by atoms with Gasteiger partial charge in [-0.3, -0.25) is 0 Å². The number of thiocarbonyl (C=S) groups is 1. The molecule has 0 bridgehead atoms. The van der Waals surface area contributed by atoms with Crippen molar-refractivity contribution < 1.29 is 9.53 Å². The third-order valence-electron chi connectivity index (χ3n) is 4.70. The van der Waals surface area contributed by atoms with E-state index in [4.69, 9.17) is 17.0 Å². The van der Waals surface area contributed by atoms with Gasteiger partial charge in [0.25, 0.3) is 0 Å². The number of ether oxygens (including phenoxy) is 1. The lowest BCUT2D eigenvalue weighted by Crippen LogP contribution is -2.35. The number of carbonyl (C=O) groups is 1. The molecular weight excluding hydrogens is 356 g/mol. The molecule has 0 amide bonds. The van der Waals surface area contributed by atoms with Crippen LogP contribution in [0.4, 0.5) is 5.69 Å². The summed E-state index contributed by atoms with van der Waals surface area (Å²) in [5.74, 6) is -0.000906. The molecule has 0 saturated carbocycles. The lowest BCUT2D eigenvalue weighted by Gasteiger charge is -2.27. The maximum Gasteiger partial charge on any atom is 0.338 e. The predicted molar refractivity (Wildman–Crippen MR) is 115 cm³/mol. The molecular formula is C22H28N2O2S. The number of esters is 1. The van der Waals surface area contributed by atoms with Gasteiger partial charge in [-0.25, -0.2) is 4.79 Å². The van der Waals surface area contributed by atoms with Crippen molar-refractivity contribution in [2.75, 3.05) is 12.4 Å². The van der Waals surface area contributed by atoms with E-state index in [1.165, 1.54) is 23.8 Å². The van der Waals surface area contributed by atoms with Crippen LogP contribution in [0.15, 0.2) is 36.4 Å². The van der Waals surface area contributed by atoms with Crippen LogP contribution in [0.25, 0.3) is 0 Å². The molecule has 0 aliphatic carbocycles. The Balaban J connectivity index is 2.21. The van der Waals surface area contributed by atoms with Crippen LogP contribution in [-0.2, 0) is 4.74 Å². The van der Waals surface area contributed by atoms with E-state index in [9.17, 15) is 4.79 Å². The summed E-state index contributed by atoms with van der Waals surface area (Å²) >= 11 is 5.56. The molecule has 0 saturated heterocycles. The van der Waals surface area contributed by atoms with E-state index in [0.29, 0.717) is 16.6 Å². The van der Waals surface area contributed by atoms with Crippen LogP contribution in [-0.4, -0.2) is 18.2 Å². The van der Waals surface area contributed by atoms with Crippen molar-refractivity contribution >= 4 is 29.0 Å². The van der Waals surface area contributed by atoms with Gasteiger partial charge >= 0.3 is 5.97 Å². The first kappa shape index (κ1) is 20.9. The number of methoxy groups -OCH3 is 1. The smallest absolute Gasteiger partial charge is 0.338 e. The molecule has 144 valence electrons. The first-order valence-electron chi connectivity index (χ1n) is 9.07. The highest BCUT2D eigenvalue weighted by Gasteiger charge is 2.19. The molecule has 27 heavy (non-hydrogen) atoms. The van der Waals surface area contributed by atoms with Crippen LogP contribution in [0.2, 0.25) is 0 Å². The average Bonchev–Trinajstić information content (AvgIpc) is 2.61. The second kappa shape index (κ2) is 9.00. The number of aryl methyl sites for hydroxylation is 2. The number of hydrogen-bond acceptors (Lipinski definition) is 3. The monoisotopic (exact) mass is 384 g/mol. The number of hydrogen-bond donors (Lipinski definition) is 2. The van der Waals surface area contributed by atoms with Crippen LogP contribution in [0.3, 0.4) is 0 Å². The van der Waals surface area contributed by atoms with Crippen LogP contribution >= 0.6 is 12.2 Å². The Bertz CT molecular complexity index is 846. The molecule has 5 heteroatoms. The van der Waals surface area contributed by atoms with Crippen molar-refractivity contribution in [3.63, 3.8) is 0 Å². The van der Waals surface area contributed by atoms with Gasteiger partial charge in [0.05, 0.1) is 18.7 Å². The van der Waals surface area contributed by atoms with Gasteiger partial charge < -0.3 is 15.4 Å². The van der Waals surface area contributed by atoms with Gasteiger partial charge in [-0.1, -0.05) is 43.7 Å². The van der Waals surface area contributed by atoms with E-state index < -0.39 is 0 Å². The maximum absolute atomic E-state index is 11.9. The van der Waals surface area contributed by atoms with E-state index in [1.54, 1.807) is 6.07 Å². The first-order chi connectivity index (χ1) is 12.7. The van der Waals surface area contributed by atoms with E-state index in [-0.39, 0.29) is 12.0 Å². The number of benzene rings is 2. The summed E-state index contributed by atoms with van der Waals surface area (Å²) in [6.07, 6.45) is 0. The SMILES string of the molecule is COC(=O)c1cccc(NC(=S)N[C@@H](c2ccc(C)cc2C)C(C)C)c1C. The Kier molecular flexibility index (Phi) is 6.97. The minimum atomic E-state index is -0.356. The predicted octanol–water partition coefficient (Wildman–Crippen LogP) is 5.08. The largest absolute Gasteiger partial charge is 0.465 e.